The number of furan rings is 1. The van der Waals surface area contributed by atoms with E-state index in [1.807, 2.05) is 41.8 Å². The van der Waals surface area contributed by atoms with Crippen LogP contribution in [-0.4, -0.2) is 23.2 Å². The second kappa shape index (κ2) is 9.05. The number of para-hydroxylation sites is 1. The summed E-state index contributed by atoms with van der Waals surface area (Å²) in [5.74, 6) is -0.00247. The lowest BCUT2D eigenvalue weighted by atomic mass is 10.2. The van der Waals surface area contributed by atoms with E-state index >= 15 is 0 Å². The van der Waals surface area contributed by atoms with Crippen molar-refractivity contribution in [1.29, 1.82) is 0 Å². The molecule has 0 aliphatic carbocycles. The first-order valence-electron chi connectivity index (χ1n) is 10.1. The van der Waals surface area contributed by atoms with E-state index in [4.69, 9.17) is 14.1 Å². The number of amides is 1. The quantitative estimate of drug-likeness (QED) is 0.419. The molecule has 8 heteroatoms. The van der Waals surface area contributed by atoms with Gasteiger partial charge in [-0.25, -0.2) is 4.99 Å². The maximum absolute atomic E-state index is 12.8. The van der Waals surface area contributed by atoms with Gasteiger partial charge in [-0.2, -0.15) is 0 Å². The highest BCUT2D eigenvalue weighted by Crippen LogP contribution is 2.35. The first-order valence-corrected chi connectivity index (χ1v) is 11.8. The van der Waals surface area contributed by atoms with Crippen molar-refractivity contribution >= 4 is 39.3 Å². The summed E-state index contributed by atoms with van der Waals surface area (Å²) < 4.78 is 13.4. The van der Waals surface area contributed by atoms with E-state index in [1.54, 1.807) is 23.5 Å². The number of hydrogen-bond donors (Lipinski definition) is 1. The van der Waals surface area contributed by atoms with Crippen LogP contribution in [-0.2, 0) is 11.3 Å². The summed E-state index contributed by atoms with van der Waals surface area (Å²) in [6, 6.07) is 17.3. The minimum absolute atomic E-state index is 0.136. The molecule has 1 saturated heterocycles. The number of hydrogen-bond acceptors (Lipinski definition) is 6. The molecule has 3 aromatic heterocycles. The van der Waals surface area contributed by atoms with Crippen LogP contribution < -0.4 is 10.1 Å². The summed E-state index contributed by atoms with van der Waals surface area (Å²) in [6.07, 6.45) is 3.72. The SMILES string of the molecule is O=C(Nc1sc(=Nc2ccccc2)n(C[C@@H]2CCCO2)c1-c1cccs1)c1ccco1. The van der Waals surface area contributed by atoms with Crippen LogP contribution >= 0.6 is 22.7 Å². The van der Waals surface area contributed by atoms with Gasteiger partial charge in [-0.05, 0) is 48.6 Å². The van der Waals surface area contributed by atoms with Gasteiger partial charge in [0.1, 0.15) is 5.00 Å². The normalized spacial score (nSPS) is 16.6. The van der Waals surface area contributed by atoms with Crippen molar-refractivity contribution in [2.45, 2.75) is 25.5 Å². The third-order valence-corrected chi connectivity index (χ3v) is 6.90. The molecule has 1 aromatic carbocycles. The van der Waals surface area contributed by atoms with Crippen LogP contribution in [0, 0.1) is 0 Å². The third-order valence-electron chi connectivity index (χ3n) is 5.03. The van der Waals surface area contributed by atoms with Crippen LogP contribution in [0.25, 0.3) is 10.6 Å². The average Bonchev–Trinajstić information content (AvgIpc) is 3.58. The molecule has 0 saturated carbocycles. The summed E-state index contributed by atoms with van der Waals surface area (Å²) in [4.78, 5) is 19.5. The Balaban J connectivity index is 1.64. The highest BCUT2D eigenvalue weighted by molar-refractivity contribution is 7.16. The van der Waals surface area contributed by atoms with Crippen molar-refractivity contribution in [3.63, 3.8) is 0 Å². The number of nitrogens with one attached hydrogen (secondary N) is 1. The Labute approximate surface area is 187 Å². The number of thiazole rings is 1. The summed E-state index contributed by atoms with van der Waals surface area (Å²) in [6.45, 7) is 1.48. The van der Waals surface area contributed by atoms with Gasteiger partial charge in [-0.3, -0.25) is 4.79 Å². The Hall–Kier alpha value is -2.94. The molecule has 4 aromatic rings. The number of aromatic nitrogens is 1. The van der Waals surface area contributed by atoms with Gasteiger partial charge in [0.15, 0.2) is 10.6 Å². The van der Waals surface area contributed by atoms with Gasteiger partial charge < -0.3 is 19.0 Å². The minimum Gasteiger partial charge on any atom is -0.459 e. The van der Waals surface area contributed by atoms with E-state index in [2.05, 4.69) is 16.0 Å². The zero-order chi connectivity index (χ0) is 21.0. The lowest BCUT2D eigenvalue weighted by molar-refractivity contribution is 0.0968. The fourth-order valence-electron chi connectivity index (χ4n) is 3.59. The maximum Gasteiger partial charge on any atom is 0.292 e. The zero-order valence-corrected chi connectivity index (χ0v) is 18.3. The first kappa shape index (κ1) is 20.0. The van der Waals surface area contributed by atoms with Gasteiger partial charge in [0, 0.05) is 6.61 Å². The Morgan fingerprint density at radius 2 is 2.06 bits per heavy atom. The van der Waals surface area contributed by atoms with E-state index < -0.39 is 0 Å². The fraction of sp³-hybridized carbons (Fsp3) is 0.217. The third kappa shape index (κ3) is 4.41. The van der Waals surface area contributed by atoms with Crippen LogP contribution in [0.2, 0.25) is 0 Å². The second-order valence-electron chi connectivity index (χ2n) is 7.16. The molecule has 6 nitrogen and oxygen atoms in total. The van der Waals surface area contributed by atoms with E-state index in [-0.39, 0.29) is 17.8 Å². The Morgan fingerprint density at radius 3 is 2.77 bits per heavy atom. The molecule has 1 atom stereocenters. The van der Waals surface area contributed by atoms with Crippen LogP contribution in [0.4, 0.5) is 10.7 Å². The van der Waals surface area contributed by atoms with Gasteiger partial charge in [-0.1, -0.05) is 35.6 Å². The monoisotopic (exact) mass is 451 g/mol. The van der Waals surface area contributed by atoms with Gasteiger partial charge in [0.2, 0.25) is 0 Å². The summed E-state index contributed by atoms with van der Waals surface area (Å²) in [5, 5.41) is 5.83. The largest absolute Gasteiger partial charge is 0.459 e. The number of carbonyl (C=O) groups excluding carboxylic acids is 1. The molecule has 0 bridgehead atoms. The highest BCUT2D eigenvalue weighted by Gasteiger charge is 2.24. The number of thiophene rings is 1. The van der Waals surface area contributed by atoms with Gasteiger partial charge >= 0.3 is 0 Å². The molecule has 1 aliphatic rings. The minimum atomic E-state index is -0.278. The van der Waals surface area contributed by atoms with Crippen molar-refractivity contribution in [2.75, 3.05) is 11.9 Å². The number of nitrogens with zero attached hydrogens (tertiary/aromatic N) is 2. The van der Waals surface area contributed by atoms with Gasteiger partial charge in [0.05, 0.1) is 35.2 Å². The lowest BCUT2D eigenvalue weighted by Crippen LogP contribution is -2.24. The Kier molecular flexibility index (Phi) is 5.84. The molecule has 1 amide bonds. The molecule has 0 unspecified atom stereocenters. The molecule has 4 heterocycles. The zero-order valence-electron chi connectivity index (χ0n) is 16.7. The van der Waals surface area contributed by atoms with Crippen LogP contribution in [0.15, 0.2) is 75.7 Å². The average molecular weight is 452 g/mol. The predicted molar refractivity (Wildman–Crippen MR) is 123 cm³/mol. The summed E-state index contributed by atoms with van der Waals surface area (Å²) in [7, 11) is 0. The molecule has 31 heavy (non-hydrogen) atoms. The topological polar surface area (TPSA) is 68.8 Å². The number of anilines is 1. The van der Waals surface area contributed by atoms with E-state index in [9.17, 15) is 4.79 Å². The van der Waals surface area contributed by atoms with Crippen molar-refractivity contribution in [3.8, 4) is 10.6 Å². The van der Waals surface area contributed by atoms with E-state index in [1.165, 1.54) is 17.6 Å². The lowest BCUT2D eigenvalue weighted by Gasteiger charge is -2.14. The Morgan fingerprint density at radius 1 is 1.16 bits per heavy atom. The predicted octanol–water partition coefficient (Wildman–Crippen LogP) is 5.53. The summed E-state index contributed by atoms with van der Waals surface area (Å²) in [5.41, 5.74) is 1.82. The van der Waals surface area contributed by atoms with E-state index in [0.29, 0.717) is 6.54 Å². The fourth-order valence-corrected chi connectivity index (χ4v) is 5.51. The molecular weight excluding hydrogens is 430 g/mol. The van der Waals surface area contributed by atoms with Crippen LogP contribution in [0.5, 0.6) is 0 Å². The molecule has 5 rings (SSSR count). The van der Waals surface area contributed by atoms with Gasteiger partial charge in [-0.15, -0.1) is 11.3 Å². The van der Waals surface area contributed by atoms with Gasteiger partial charge in [0.25, 0.3) is 5.91 Å². The number of rotatable bonds is 6. The molecule has 0 spiro atoms. The number of benzene rings is 1. The Bertz CT molecular complexity index is 1200. The molecule has 1 aliphatic heterocycles. The van der Waals surface area contributed by atoms with Crippen molar-refractivity contribution in [2.24, 2.45) is 4.99 Å². The molecule has 0 radical (unpaired) electrons. The molecular formula is C23H21N3O3S2. The molecule has 158 valence electrons. The second-order valence-corrected chi connectivity index (χ2v) is 9.09. The maximum atomic E-state index is 12.8. The smallest absolute Gasteiger partial charge is 0.292 e. The van der Waals surface area contributed by atoms with Crippen LogP contribution in [0.1, 0.15) is 23.4 Å². The molecule has 1 N–H and O–H groups in total. The van der Waals surface area contributed by atoms with Crippen molar-refractivity contribution in [3.05, 3.63) is 76.8 Å². The van der Waals surface area contributed by atoms with Crippen LogP contribution in [0.3, 0.4) is 0 Å². The number of carbonyl (C=O) groups is 1. The van der Waals surface area contributed by atoms with E-state index in [0.717, 1.165) is 45.5 Å². The summed E-state index contributed by atoms with van der Waals surface area (Å²) >= 11 is 3.10. The molecule has 1 fully saturated rings. The van der Waals surface area contributed by atoms with Crippen molar-refractivity contribution in [1.82, 2.24) is 4.57 Å². The standard InChI is InChI=1S/C23H21N3O3S2/c27-21(18-10-5-13-29-18)25-22-20(19-11-6-14-30-19)26(15-17-9-4-12-28-17)23(31-22)24-16-7-2-1-3-8-16/h1-3,5-8,10-11,13-14,17H,4,9,12,15H2,(H,25,27)/t17-/m0/s1. The first-order chi connectivity index (χ1) is 15.3. The van der Waals surface area contributed by atoms with Crippen molar-refractivity contribution < 1.29 is 13.9 Å². The number of ether oxygens (including phenoxy) is 1. The highest BCUT2D eigenvalue weighted by atomic mass is 32.1.